The van der Waals surface area contributed by atoms with E-state index in [1.54, 1.807) is 24.3 Å². The number of rotatable bonds is 1. The van der Waals surface area contributed by atoms with Crippen LogP contribution in [0.25, 0.3) is 0 Å². The Hall–Kier alpha value is -1.42. The van der Waals surface area contributed by atoms with Gasteiger partial charge in [0.05, 0.1) is 16.4 Å². The van der Waals surface area contributed by atoms with E-state index in [0.717, 1.165) is 0 Å². The van der Waals surface area contributed by atoms with Crippen LogP contribution < -0.4 is 0 Å². The van der Waals surface area contributed by atoms with Gasteiger partial charge in [0.2, 0.25) is 0 Å². The highest BCUT2D eigenvalue weighted by atomic mass is 32.2. The van der Waals surface area contributed by atoms with Crippen molar-refractivity contribution in [1.29, 1.82) is 0 Å². The molecular formula is C9H7NO2S. The Morgan fingerprint density at radius 1 is 1.31 bits per heavy atom. The maximum atomic E-state index is 11.3. The lowest BCUT2D eigenvalue weighted by molar-refractivity contribution is 0.474. The summed E-state index contributed by atoms with van der Waals surface area (Å²) in [5.41, 5.74) is 0.533. The Bertz CT molecular complexity index is 423. The fraction of sp³-hybridized carbons (Fsp3) is 0. The van der Waals surface area contributed by atoms with Gasteiger partial charge in [-0.25, -0.2) is 9.20 Å². The standard InChI is InChI=1S/C9H7NO2S/c11-8-4-2-1-3-7(8)9-10-5-6-13(9)12/h1-6,11H. The van der Waals surface area contributed by atoms with Crippen LogP contribution >= 0.6 is 0 Å². The normalized spacial score (nSPS) is 20.3. The van der Waals surface area contributed by atoms with Gasteiger partial charge in [-0.05, 0) is 12.1 Å². The van der Waals surface area contributed by atoms with Crippen molar-refractivity contribution in [2.75, 3.05) is 0 Å². The molecule has 1 aliphatic rings. The second-order valence-corrected chi connectivity index (χ2v) is 3.79. The van der Waals surface area contributed by atoms with Crippen molar-refractivity contribution in [3.8, 4) is 5.75 Å². The number of aliphatic imine (C=N–C) groups is 1. The predicted molar refractivity (Wildman–Crippen MR) is 51.9 cm³/mol. The van der Waals surface area contributed by atoms with E-state index in [0.29, 0.717) is 10.6 Å². The summed E-state index contributed by atoms with van der Waals surface area (Å²) >= 11 is 0. The summed E-state index contributed by atoms with van der Waals surface area (Å²) in [4.78, 5) is 3.92. The minimum absolute atomic E-state index is 0.110. The minimum atomic E-state index is -1.21. The van der Waals surface area contributed by atoms with Gasteiger partial charge in [-0.2, -0.15) is 0 Å². The van der Waals surface area contributed by atoms with Gasteiger partial charge in [0, 0.05) is 11.6 Å². The molecular weight excluding hydrogens is 186 g/mol. The molecule has 0 spiro atoms. The van der Waals surface area contributed by atoms with Crippen molar-refractivity contribution in [2.45, 2.75) is 0 Å². The molecule has 0 saturated heterocycles. The van der Waals surface area contributed by atoms with Gasteiger partial charge in [-0.1, -0.05) is 12.1 Å². The Balaban J connectivity index is 2.48. The Labute approximate surface area is 77.9 Å². The quantitative estimate of drug-likeness (QED) is 0.732. The molecule has 3 nitrogen and oxygen atoms in total. The first kappa shape index (κ1) is 8.19. The van der Waals surface area contributed by atoms with Crippen LogP contribution in [0.15, 0.2) is 40.9 Å². The summed E-state index contributed by atoms with van der Waals surface area (Å²) in [5, 5.41) is 11.3. The lowest BCUT2D eigenvalue weighted by Gasteiger charge is -2.01. The first-order chi connectivity index (χ1) is 6.29. The number of benzene rings is 1. The number of aromatic hydroxyl groups is 1. The molecule has 1 N–H and O–H groups in total. The Morgan fingerprint density at radius 2 is 2.08 bits per heavy atom. The average molecular weight is 193 g/mol. The zero-order chi connectivity index (χ0) is 9.26. The lowest BCUT2D eigenvalue weighted by atomic mass is 10.2. The van der Waals surface area contributed by atoms with Gasteiger partial charge in [0.25, 0.3) is 0 Å². The highest BCUT2D eigenvalue weighted by molar-refractivity contribution is 8.04. The minimum Gasteiger partial charge on any atom is -0.507 e. The maximum absolute atomic E-state index is 11.3. The van der Waals surface area contributed by atoms with E-state index in [-0.39, 0.29) is 5.75 Å². The van der Waals surface area contributed by atoms with Crippen molar-refractivity contribution < 1.29 is 9.32 Å². The molecule has 1 aromatic carbocycles. The van der Waals surface area contributed by atoms with Crippen molar-refractivity contribution in [3.05, 3.63) is 41.4 Å². The summed E-state index contributed by atoms with van der Waals surface area (Å²) in [6.45, 7) is 0. The smallest absolute Gasteiger partial charge is 0.142 e. The van der Waals surface area contributed by atoms with Crippen LogP contribution in [-0.4, -0.2) is 14.4 Å². The van der Waals surface area contributed by atoms with Gasteiger partial charge in [-0.15, -0.1) is 0 Å². The molecule has 0 fully saturated rings. The van der Waals surface area contributed by atoms with E-state index in [1.165, 1.54) is 11.6 Å². The predicted octanol–water partition coefficient (Wildman–Crippen LogP) is 1.37. The zero-order valence-corrected chi connectivity index (χ0v) is 7.49. The van der Waals surface area contributed by atoms with Gasteiger partial charge in [0.1, 0.15) is 10.8 Å². The molecule has 1 heterocycles. The summed E-state index contributed by atoms with van der Waals surface area (Å²) in [7, 11) is -1.21. The number of phenols is 1. The van der Waals surface area contributed by atoms with Gasteiger partial charge in [-0.3, -0.25) is 0 Å². The van der Waals surface area contributed by atoms with E-state index < -0.39 is 10.8 Å². The first-order valence-electron chi connectivity index (χ1n) is 3.72. The van der Waals surface area contributed by atoms with Crippen LogP contribution in [0.4, 0.5) is 0 Å². The number of phenolic OH excluding ortho intramolecular Hbond substituents is 1. The van der Waals surface area contributed by atoms with Crippen molar-refractivity contribution in [3.63, 3.8) is 0 Å². The van der Waals surface area contributed by atoms with Gasteiger partial charge in [0.15, 0.2) is 0 Å². The number of nitrogens with zero attached hydrogens (tertiary/aromatic N) is 1. The third kappa shape index (κ3) is 1.40. The number of para-hydroxylation sites is 1. The summed E-state index contributed by atoms with van der Waals surface area (Å²) in [6, 6.07) is 6.73. The molecule has 1 aromatic rings. The van der Waals surface area contributed by atoms with Crippen LogP contribution in [0.1, 0.15) is 5.56 Å². The highest BCUT2D eigenvalue weighted by Crippen LogP contribution is 2.20. The topological polar surface area (TPSA) is 49.7 Å². The highest BCUT2D eigenvalue weighted by Gasteiger charge is 2.15. The SMILES string of the molecule is O=S1C=CN=C1c1ccccc1O. The fourth-order valence-corrected chi connectivity index (χ4v) is 1.96. The van der Waals surface area contributed by atoms with Crippen molar-refractivity contribution >= 4 is 15.8 Å². The van der Waals surface area contributed by atoms with Crippen LogP contribution in [0.3, 0.4) is 0 Å². The second kappa shape index (κ2) is 3.14. The Kier molecular flexibility index (Phi) is 1.98. The molecule has 0 aromatic heterocycles. The number of hydrogen-bond donors (Lipinski definition) is 1. The molecule has 0 bridgehead atoms. The molecule has 1 aliphatic heterocycles. The average Bonchev–Trinajstić information content (AvgIpc) is 2.52. The van der Waals surface area contributed by atoms with Crippen LogP contribution in [0, 0.1) is 0 Å². The van der Waals surface area contributed by atoms with E-state index >= 15 is 0 Å². The molecule has 0 saturated carbocycles. The first-order valence-corrected chi connectivity index (χ1v) is 4.94. The molecule has 2 rings (SSSR count). The van der Waals surface area contributed by atoms with Crippen LogP contribution in [0.5, 0.6) is 5.75 Å². The molecule has 66 valence electrons. The lowest BCUT2D eigenvalue weighted by Crippen LogP contribution is -2.03. The molecule has 13 heavy (non-hydrogen) atoms. The van der Waals surface area contributed by atoms with E-state index in [9.17, 15) is 9.32 Å². The zero-order valence-electron chi connectivity index (χ0n) is 6.68. The van der Waals surface area contributed by atoms with E-state index in [2.05, 4.69) is 4.99 Å². The molecule has 1 atom stereocenters. The molecule has 0 aliphatic carbocycles. The Morgan fingerprint density at radius 3 is 2.69 bits per heavy atom. The van der Waals surface area contributed by atoms with Crippen molar-refractivity contribution in [1.82, 2.24) is 0 Å². The summed E-state index contributed by atoms with van der Waals surface area (Å²) in [5.74, 6) is 0.110. The molecule has 0 amide bonds. The van der Waals surface area contributed by atoms with Crippen LogP contribution in [0.2, 0.25) is 0 Å². The molecule has 4 heteroatoms. The molecule has 1 unspecified atom stereocenters. The third-order valence-electron chi connectivity index (χ3n) is 1.70. The maximum Gasteiger partial charge on any atom is 0.142 e. The third-order valence-corrected chi connectivity index (χ3v) is 2.78. The summed E-state index contributed by atoms with van der Waals surface area (Å²) in [6.07, 6.45) is 1.48. The van der Waals surface area contributed by atoms with Gasteiger partial charge >= 0.3 is 0 Å². The fourth-order valence-electron chi connectivity index (χ4n) is 1.10. The van der Waals surface area contributed by atoms with Crippen molar-refractivity contribution in [2.24, 2.45) is 4.99 Å². The largest absolute Gasteiger partial charge is 0.507 e. The number of hydrogen-bond acceptors (Lipinski definition) is 3. The summed E-state index contributed by atoms with van der Waals surface area (Å²) < 4.78 is 11.3. The van der Waals surface area contributed by atoms with E-state index in [1.807, 2.05) is 0 Å². The van der Waals surface area contributed by atoms with Crippen LogP contribution in [-0.2, 0) is 10.8 Å². The monoisotopic (exact) mass is 193 g/mol. The second-order valence-electron chi connectivity index (χ2n) is 2.53. The van der Waals surface area contributed by atoms with Gasteiger partial charge < -0.3 is 5.11 Å². The molecule has 0 radical (unpaired) electrons. The van der Waals surface area contributed by atoms with E-state index in [4.69, 9.17) is 0 Å².